The molecule has 20 heavy (non-hydrogen) atoms. The molecule has 1 rings (SSSR count). The molecule has 108 valence electrons. The highest BCUT2D eigenvalue weighted by atomic mass is 35.5. The van der Waals surface area contributed by atoms with Gasteiger partial charge in [0.15, 0.2) is 0 Å². The molecule has 1 atom stereocenters. The van der Waals surface area contributed by atoms with Crippen LogP contribution in [-0.2, 0) is 16.1 Å². The largest absolute Gasteiger partial charge is 0.351 e. The van der Waals surface area contributed by atoms with Crippen LogP contribution >= 0.6 is 11.6 Å². The van der Waals surface area contributed by atoms with Gasteiger partial charge in [-0.05, 0) is 24.6 Å². The topological polar surface area (TPSA) is 49.4 Å². The molecule has 0 radical (unpaired) electrons. The summed E-state index contributed by atoms with van der Waals surface area (Å²) in [4.78, 5) is 25.2. The van der Waals surface area contributed by atoms with E-state index in [1.165, 1.54) is 11.8 Å². The Bertz CT molecular complexity index is 485. The first-order chi connectivity index (χ1) is 9.45. The fraction of sp³-hybridized carbons (Fsp3) is 0.333. The van der Waals surface area contributed by atoms with Gasteiger partial charge < -0.3 is 10.2 Å². The van der Waals surface area contributed by atoms with Crippen LogP contribution in [0.3, 0.4) is 0 Å². The second-order valence-electron chi connectivity index (χ2n) is 4.48. The maximum Gasteiger partial charge on any atom is 0.242 e. The summed E-state index contributed by atoms with van der Waals surface area (Å²) in [6.07, 6.45) is 1.60. The van der Waals surface area contributed by atoms with Crippen molar-refractivity contribution in [2.45, 2.75) is 26.4 Å². The Labute approximate surface area is 124 Å². The molecule has 2 amide bonds. The molecule has 4 nitrogen and oxygen atoms in total. The van der Waals surface area contributed by atoms with Gasteiger partial charge in [0.2, 0.25) is 11.8 Å². The Morgan fingerprint density at radius 2 is 2.00 bits per heavy atom. The number of benzene rings is 1. The average molecular weight is 295 g/mol. The monoisotopic (exact) mass is 294 g/mol. The van der Waals surface area contributed by atoms with E-state index in [9.17, 15) is 9.59 Å². The highest BCUT2D eigenvalue weighted by molar-refractivity contribution is 6.30. The SMILES string of the molecule is C=CCNC(=O)[C@@H](C)N(Cc1ccc(Cl)cc1)C(C)=O. The van der Waals surface area contributed by atoms with E-state index in [4.69, 9.17) is 11.6 Å². The number of nitrogens with zero attached hydrogens (tertiary/aromatic N) is 1. The van der Waals surface area contributed by atoms with Gasteiger partial charge in [-0.1, -0.05) is 29.8 Å². The van der Waals surface area contributed by atoms with Crippen molar-refractivity contribution in [3.05, 3.63) is 47.5 Å². The van der Waals surface area contributed by atoms with Crippen LogP contribution in [0, 0.1) is 0 Å². The van der Waals surface area contributed by atoms with Crippen molar-refractivity contribution >= 4 is 23.4 Å². The average Bonchev–Trinajstić information content (AvgIpc) is 2.43. The van der Waals surface area contributed by atoms with Gasteiger partial charge in [0, 0.05) is 25.0 Å². The van der Waals surface area contributed by atoms with Crippen LogP contribution < -0.4 is 5.32 Å². The second-order valence-corrected chi connectivity index (χ2v) is 4.92. The van der Waals surface area contributed by atoms with Crippen LogP contribution in [0.1, 0.15) is 19.4 Å². The van der Waals surface area contributed by atoms with Crippen LogP contribution in [0.25, 0.3) is 0 Å². The van der Waals surface area contributed by atoms with Crippen molar-refractivity contribution in [3.63, 3.8) is 0 Å². The van der Waals surface area contributed by atoms with Crippen LogP contribution in [0.2, 0.25) is 5.02 Å². The van der Waals surface area contributed by atoms with Gasteiger partial charge in [-0.15, -0.1) is 6.58 Å². The zero-order valence-corrected chi connectivity index (χ0v) is 12.5. The van der Waals surface area contributed by atoms with Crippen molar-refractivity contribution in [1.29, 1.82) is 0 Å². The number of nitrogens with one attached hydrogen (secondary N) is 1. The summed E-state index contributed by atoms with van der Waals surface area (Å²) in [5, 5.41) is 3.33. The standard InChI is InChI=1S/C15H19ClN2O2/c1-4-9-17-15(20)11(2)18(12(3)19)10-13-5-7-14(16)8-6-13/h4-8,11H,1,9-10H2,2-3H3,(H,17,20)/t11-/m1/s1. The number of hydrogen-bond acceptors (Lipinski definition) is 2. The molecular formula is C15H19ClN2O2. The molecule has 0 heterocycles. The van der Waals surface area contributed by atoms with E-state index in [2.05, 4.69) is 11.9 Å². The lowest BCUT2D eigenvalue weighted by atomic mass is 10.1. The predicted octanol–water partition coefficient (Wildman–Crippen LogP) is 2.38. The Kier molecular flexibility index (Phi) is 6.25. The first-order valence-electron chi connectivity index (χ1n) is 6.36. The number of hydrogen-bond donors (Lipinski definition) is 1. The van der Waals surface area contributed by atoms with Crippen molar-refractivity contribution in [1.82, 2.24) is 10.2 Å². The van der Waals surface area contributed by atoms with Crippen molar-refractivity contribution < 1.29 is 9.59 Å². The van der Waals surface area contributed by atoms with Crippen molar-refractivity contribution in [3.8, 4) is 0 Å². The highest BCUT2D eigenvalue weighted by Gasteiger charge is 2.23. The number of halogens is 1. The first kappa shape index (κ1) is 16.2. The van der Waals surface area contributed by atoms with Crippen molar-refractivity contribution in [2.24, 2.45) is 0 Å². The molecule has 0 fully saturated rings. The molecule has 0 unspecified atom stereocenters. The molecule has 1 aromatic rings. The summed E-state index contributed by atoms with van der Waals surface area (Å²) in [7, 11) is 0. The molecule has 5 heteroatoms. The second kappa shape index (κ2) is 7.70. The smallest absolute Gasteiger partial charge is 0.242 e. The van der Waals surface area contributed by atoms with Crippen LogP contribution in [0.15, 0.2) is 36.9 Å². The lowest BCUT2D eigenvalue weighted by molar-refractivity contribution is -0.138. The quantitative estimate of drug-likeness (QED) is 0.819. The molecule has 0 aliphatic heterocycles. The molecule has 0 bridgehead atoms. The molecule has 0 spiro atoms. The van der Waals surface area contributed by atoms with E-state index in [-0.39, 0.29) is 11.8 Å². The van der Waals surface area contributed by atoms with Gasteiger partial charge in [0.05, 0.1) is 0 Å². The van der Waals surface area contributed by atoms with E-state index < -0.39 is 6.04 Å². The Morgan fingerprint density at radius 1 is 1.40 bits per heavy atom. The zero-order chi connectivity index (χ0) is 15.1. The Morgan fingerprint density at radius 3 is 2.50 bits per heavy atom. The first-order valence-corrected chi connectivity index (χ1v) is 6.73. The van der Waals surface area contributed by atoms with E-state index in [0.29, 0.717) is 18.1 Å². The normalized spacial score (nSPS) is 11.6. The van der Waals surface area contributed by atoms with Gasteiger partial charge in [-0.25, -0.2) is 0 Å². The van der Waals surface area contributed by atoms with Crippen LogP contribution in [0.4, 0.5) is 0 Å². The lowest BCUT2D eigenvalue weighted by Crippen LogP contribution is -2.46. The van der Waals surface area contributed by atoms with Gasteiger partial charge in [0.1, 0.15) is 6.04 Å². The summed E-state index contributed by atoms with van der Waals surface area (Å²) in [5.41, 5.74) is 0.924. The number of amides is 2. The fourth-order valence-electron chi connectivity index (χ4n) is 1.77. The van der Waals surface area contributed by atoms with E-state index in [1.54, 1.807) is 25.1 Å². The van der Waals surface area contributed by atoms with Gasteiger partial charge in [-0.3, -0.25) is 9.59 Å². The van der Waals surface area contributed by atoms with E-state index in [0.717, 1.165) is 5.56 Å². The maximum absolute atomic E-state index is 11.9. The summed E-state index contributed by atoms with van der Waals surface area (Å²) in [6.45, 7) is 7.45. The van der Waals surface area contributed by atoms with E-state index >= 15 is 0 Å². The third kappa shape index (κ3) is 4.70. The molecule has 0 aliphatic rings. The number of rotatable bonds is 6. The van der Waals surface area contributed by atoms with Crippen molar-refractivity contribution in [2.75, 3.05) is 6.54 Å². The molecule has 1 N–H and O–H groups in total. The molecule has 0 aromatic heterocycles. The Balaban J connectivity index is 2.78. The van der Waals surface area contributed by atoms with Crippen LogP contribution in [0.5, 0.6) is 0 Å². The minimum absolute atomic E-state index is 0.152. The minimum Gasteiger partial charge on any atom is -0.351 e. The van der Waals surface area contributed by atoms with Gasteiger partial charge in [0.25, 0.3) is 0 Å². The molecule has 0 saturated carbocycles. The molecule has 1 aromatic carbocycles. The summed E-state index contributed by atoms with van der Waals surface area (Å²) in [6, 6.07) is 6.66. The minimum atomic E-state index is -0.539. The predicted molar refractivity (Wildman–Crippen MR) is 80.3 cm³/mol. The highest BCUT2D eigenvalue weighted by Crippen LogP contribution is 2.13. The van der Waals surface area contributed by atoms with Crippen LogP contribution in [-0.4, -0.2) is 29.3 Å². The molecular weight excluding hydrogens is 276 g/mol. The summed E-state index contributed by atoms with van der Waals surface area (Å²) < 4.78 is 0. The third-order valence-electron chi connectivity index (χ3n) is 2.94. The molecule has 0 saturated heterocycles. The van der Waals surface area contributed by atoms with Gasteiger partial charge in [-0.2, -0.15) is 0 Å². The summed E-state index contributed by atoms with van der Waals surface area (Å²) >= 11 is 5.83. The van der Waals surface area contributed by atoms with Gasteiger partial charge >= 0.3 is 0 Å². The number of carbonyl (C=O) groups excluding carboxylic acids is 2. The molecule has 0 aliphatic carbocycles. The summed E-state index contributed by atoms with van der Waals surface area (Å²) in [5.74, 6) is -0.352. The van der Waals surface area contributed by atoms with E-state index in [1.807, 2.05) is 12.1 Å². The zero-order valence-electron chi connectivity index (χ0n) is 11.7. The lowest BCUT2D eigenvalue weighted by Gasteiger charge is -2.27. The fourth-order valence-corrected chi connectivity index (χ4v) is 1.90. The third-order valence-corrected chi connectivity index (χ3v) is 3.19. The Hall–Kier alpha value is -1.81. The number of carbonyl (C=O) groups is 2. The maximum atomic E-state index is 11.9.